The quantitative estimate of drug-likeness (QED) is 0.262. The van der Waals surface area contributed by atoms with Gasteiger partial charge in [-0.25, -0.2) is 4.79 Å². The van der Waals surface area contributed by atoms with Crippen molar-refractivity contribution in [3.63, 3.8) is 0 Å². The van der Waals surface area contributed by atoms with Crippen LogP contribution >= 0.6 is 11.6 Å². The Morgan fingerprint density at radius 2 is 1.86 bits per heavy atom. The molecule has 0 amide bonds. The summed E-state index contributed by atoms with van der Waals surface area (Å²) in [7, 11) is 4.64. The number of carbonyl (C=O) groups excluding carboxylic acids is 1. The minimum atomic E-state index is -0.877. The van der Waals surface area contributed by atoms with E-state index in [-0.39, 0.29) is 18.7 Å². The highest BCUT2D eigenvalue weighted by molar-refractivity contribution is 6.30. The number of para-hydroxylation sites is 1. The van der Waals surface area contributed by atoms with Crippen LogP contribution in [0.3, 0.4) is 0 Å². The first-order valence-electron chi connectivity index (χ1n) is 14.0. The summed E-state index contributed by atoms with van der Waals surface area (Å²) in [6.07, 6.45) is 4.33. The zero-order valence-corrected chi connectivity index (χ0v) is 26.0. The van der Waals surface area contributed by atoms with E-state index in [1.165, 1.54) is 13.3 Å². The van der Waals surface area contributed by atoms with Gasteiger partial charge in [-0.05, 0) is 56.2 Å². The molecule has 1 atom stereocenters. The molecule has 3 aromatic rings. The van der Waals surface area contributed by atoms with Crippen LogP contribution in [0.15, 0.2) is 66.6 Å². The number of methoxy groups -OCH3 is 3. The summed E-state index contributed by atoms with van der Waals surface area (Å²) < 4.78 is 30.0. The zero-order valence-electron chi connectivity index (χ0n) is 25.2. The van der Waals surface area contributed by atoms with E-state index in [0.29, 0.717) is 36.0 Å². The van der Waals surface area contributed by atoms with Gasteiger partial charge in [0, 0.05) is 40.8 Å². The molecule has 10 heteroatoms. The number of esters is 1. The maximum Gasteiger partial charge on any atom is 0.338 e. The van der Waals surface area contributed by atoms with Crippen molar-refractivity contribution in [3.8, 4) is 17.2 Å². The molecule has 0 unspecified atom stereocenters. The first-order chi connectivity index (χ1) is 20.3. The third kappa shape index (κ3) is 7.21. The molecule has 1 aliphatic heterocycles. The minimum Gasteiger partial charge on any atom is -0.493 e. The maximum absolute atomic E-state index is 11.7. The zero-order chi connectivity index (χ0) is 30.7. The highest BCUT2D eigenvalue weighted by Gasteiger charge is 2.37. The highest BCUT2D eigenvalue weighted by atomic mass is 35.5. The Labute approximate surface area is 253 Å². The van der Waals surface area contributed by atoms with Gasteiger partial charge in [-0.15, -0.1) is 0 Å². The SMILES string of the molecule is CCN/C(=C\N)COC(CC)(CC)C(=O)OC.COc1cccc([C@H]2OCc3cccn3-c3ccc(Cl)cc32)c1OC. The van der Waals surface area contributed by atoms with Crippen LogP contribution in [0.25, 0.3) is 5.69 Å². The van der Waals surface area contributed by atoms with E-state index in [0.717, 1.165) is 34.8 Å². The Bertz CT molecular complexity index is 1350. The number of likely N-dealkylation sites (N-methyl/N-ethyl adjacent to an activating group) is 1. The van der Waals surface area contributed by atoms with Crippen molar-refractivity contribution >= 4 is 17.6 Å². The third-order valence-electron chi connectivity index (χ3n) is 7.29. The Kier molecular flexibility index (Phi) is 12.2. The molecular formula is C32H42ClN3O6. The van der Waals surface area contributed by atoms with Crippen LogP contribution in [0.1, 0.15) is 56.5 Å². The molecule has 3 N–H and O–H groups in total. The second kappa shape index (κ2) is 15.5. The Morgan fingerprint density at radius 1 is 1.10 bits per heavy atom. The lowest BCUT2D eigenvalue weighted by Gasteiger charge is -2.29. The topological polar surface area (TPSA) is 106 Å². The molecule has 42 heavy (non-hydrogen) atoms. The van der Waals surface area contributed by atoms with Crippen LogP contribution in [0, 0.1) is 0 Å². The number of benzene rings is 2. The largest absolute Gasteiger partial charge is 0.493 e. The van der Waals surface area contributed by atoms with E-state index in [4.69, 9.17) is 41.0 Å². The van der Waals surface area contributed by atoms with Crippen molar-refractivity contribution in [3.05, 3.63) is 88.5 Å². The molecule has 0 saturated carbocycles. The van der Waals surface area contributed by atoms with Gasteiger partial charge in [-0.1, -0.05) is 37.6 Å². The number of rotatable bonds is 11. The van der Waals surface area contributed by atoms with Crippen molar-refractivity contribution < 1.29 is 28.5 Å². The van der Waals surface area contributed by atoms with Crippen LogP contribution in [-0.2, 0) is 25.6 Å². The molecule has 0 saturated heterocycles. The fourth-order valence-electron chi connectivity index (χ4n) is 4.95. The number of hydrogen-bond donors (Lipinski definition) is 2. The van der Waals surface area contributed by atoms with Crippen molar-refractivity contribution in [1.29, 1.82) is 0 Å². The van der Waals surface area contributed by atoms with Crippen molar-refractivity contribution in [2.24, 2.45) is 5.73 Å². The van der Waals surface area contributed by atoms with Gasteiger partial charge in [0.05, 0.1) is 45.9 Å². The lowest BCUT2D eigenvalue weighted by atomic mass is 9.97. The molecule has 1 aromatic heterocycles. The van der Waals surface area contributed by atoms with E-state index in [1.807, 2.05) is 69.4 Å². The molecule has 1 aliphatic rings. The van der Waals surface area contributed by atoms with Gasteiger partial charge in [-0.3, -0.25) is 0 Å². The van der Waals surface area contributed by atoms with Gasteiger partial charge >= 0.3 is 5.97 Å². The van der Waals surface area contributed by atoms with Gasteiger partial charge in [0.1, 0.15) is 6.10 Å². The van der Waals surface area contributed by atoms with Crippen molar-refractivity contribution in [2.45, 2.75) is 51.9 Å². The smallest absolute Gasteiger partial charge is 0.338 e. The molecule has 0 radical (unpaired) electrons. The molecule has 0 spiro atoms. The standard InChI is InChI=1S/C20H18ClNO3.C12H24N2O3/c1-23-18-7-3-6-15(20(18)24-2)19-16-11-13(21)8-9-17(16)22-10-4-5-14(22)12-25-19;1-5-12(6-2,11(15)16-4)17-9-10(8-13)14-7-3/h3-11,19H,12H2,1-2H3;8,14H,5-7,9,13H2,1-4H3/b;10-8-/t19-;/m1./s1. The minimum absolute atomic E-state index is 0.279. The van der Waals surface area contributed by atoms with Crippen LogP contribution in [-0.4, -0.2) is 50.6 Å². The van der Waals surface area contributed by atoms with E-state index in [1.54, 1.807) is 14.2 Å². The number of nitrogens with zero attached hydrogens (tertiary/aromatic N) is 1. The third-order valence-corrected chi connectivity index (χ3v) is 7.52. The summed E-state index contributed by atoms with van der Waals surface area (Å²) in [4.78, 5) is 11.7. The van der Waals surface area contributed by atoms with Crippen LogP contribution < -0.4 is 20.5 Å². The summed E-state index contributed by atoms with van der Waals surface area (Å²) in [6.45, 7) is 7.30. The predicted molar refractivity (Wildman–Crippen MR) is 164 cm³/mol. The molecule has 2 aromatic carbocycles. The summed E-state index contributed by atoms with van der Waals surface area (Å²) in [5.41, 5.74) is 9.40. The normalized spacial score (nSPS) is 14.5. The number of halogens is 1. The average Bonchev–Trinajstić information content (AvgIpc) is 3.43. The second-order valence-electron chi connectivity index (χ2n) is 9.55. The average molecular weight is 600 g/mol. The molecule has 2 heterocycles. The summed E-state index contributed by atoms with van der Waals surface area (Å²) >= 11 is 6.30. The number of carbonyl (C=O) groups is 1. The highest BCUT2D eigenvalue weighted by Crippen LogP contribution is 2.43. The van der Waals surface area contributed by atoms with Crippen LogP contribution in [0.2, 0.25) is 5.02 Å². The number of aromatic nitrogens is 1. The molecule has 4 rings (SSSR count). The van der Waals surface area contributed by atoms with Gasteiger partial charge in [0.25, 0.3) is 0 Å². The number of nitrogens with one attached hydrogen (secondary N) is 1. The first kappa shape index (κ1) is 32.8. The van der Waals surface area contributed by atoms with E-state index in [2.05, 4.69) is 16.0 Å². The number of fused-ring (bicyclic) bond motifs is 3. The molecule has 9 nitrogen and oxygen atoms in total. The fraction of sp³-hybridized carbons (Fsp3) is 0.406. The van der Waals surface area contributed by atoms with Gasteiger partial charge in [0.2, 0.25) is 0 Å². The van der Waals surface area contributed by atoms with Crippen LogP contribution in [0.4, 0.5) is 0 Å². The second-order valence-corrected chi connectivity index (χ2v) is 9.99. The Morgan fingerprint density at radius 3 is 2.48 bits per heavy atom. The fourth-order valence-corrected chi connectivity index (χ4v) is 5.13. The number of hydrogen-bond acceptors (Lipinski definition) is 8. The molecule has 0 fully saturated rings. The molecule has 228 valence electrons. The summed E-state index contributed by atoms with van der Waals surface area (Å²) in [5.74, 6) is 1.01. The van der Waals surface area contributed by atoms with Gasteiger partial charge < -0.3 is 39.3 Å². The molecule has 0 bridgehead atoms. The monoisotopic (exact) mass is 599 g/mol. The summed E-state index contributed by atoms with van der Waals surface area (Å²) in [5, 5.41) is 3.74. The lowest BCUT2D eigenvalue weighted by Crippen LogP contribution is -2.42. The first-order valence-corrected chi connectivity index (χ1v) is 14.4. The number of nitrogens with two attached hydrogens (primary N) is 1. The van der Waals surface area contributed by atoms with Crippen molar-refractivity contribution in [2.75, 3.05) is 34.5 Å². The number of ether oxygens (including phenoxy) is 5. The Balaban J connectivity index is 0.000000252. The van der Waals surface area contributed by atoms with Gasteiger partial charge in [0.15, 0.2) is 17.1 Å². The maximum atomic E-state index is 11.7. The van der Waals surface area contributed by atoms with Gasteiger partial charge in [-0.2, -0.15) is 0 Å². The van der Waals surface area contributed by atoms with Crippen LogP contribution in [0.5, 0.6) is 11.5 Å². The van der Waals surface area contributed by atoms with Crippen molar-refractivity contribution in [1.82, 2.24) is 9.88 Å². The van der Waals surface area contributed by atoms with E-state index < -0.39 is 5.60 Å². The summed E-state index contributed by atoms with van der Waals surface area (Å²) in [6, 6.07) is 15.8. The molecular weight excluding hydrogens is 558 g/mol. The van der Waals surface area contributed by atoms with E-state index >= 15 is 0 Å². The predicted octanol–water partition coefficient (Wildman–Crippen LogP) is 5.91. The molecule has 0 aliphatic carbocycles. The Hall–Kier alpha value is -3.66. The van der Waals surface area contributed by atoms with E-state index in [9.17, 15) is 4.79 Å². The lowest BCUT2D eigenvalue weighted by molar-refractivity contribution is -0.169.